The van der Waals surface area contributed by atoms with Crippen LogP contribution >= 0.6 is 0 Å². The molecule has 136 valence electrons. The van der Waals surface area contributed by atoms with E-state index in [1.54, 1.807) is 4.90 Å². The van der Waals surface area contributed by atoms with Crippen molar-refractivity contribution in [1.82, 2.24) is 20.0 Å². The first-order valence-electron chi connectivity index (χ1n) is 9.04. The maximum Gasteiger partial charge on any atom is 0.274 e. The van der Waals surface area contributed by atoms with Gasteiger partial charge in [0.05, 0.1) is 6.54 Å². The quantitative estimate of drug-likeness (QED) is 0.898. The first kappa shape index (κ1) is 16.8. The van der Waals surface area contributed by atoms with E-state index >= 15 is 0 Å². The Bertz CT molecular complexity index is 825. The van der Waals surface area contributed by atoms with E-state index in [1.807, 2.05) is 4.90 Å². The van der Waals surface area contributed by atoms with Crippen molar-refractivity contribution in [1.29, 1.82) is 0 Å². The molecule has 6 nitrogen and oxygen atoms in total. The van der Waals surface area contributed by atoms with E-state index in [9.17, 15) is 14.0 Å². The molecule has 26 heavy (non-hydrogen) atoms. The van der Waals surface area contributed by atoms with Gasteiger partial charge < -0.3 is 9.80 Å². The molecule has 2 amide bonds. The molecule has 2 aliphatic heterocycles. The molecule has 4 rings (SSSR count). The lowest BCUT2D eigenvalue weighted by Gasteiger charge is -2.29. The molecule has 1 aromatic heterocycles. The van der Waals surface area contributed by atoms with Gasteiger partial charge in [-0.25, -0.2) is 4.39 Å². The number of halogens is 1. The van der Waals surface area contributed by atoms with Crippen LogP contribution in [0.15, 0.2) is 24.3 Å². The highest BCUT2D eigenvalue weighted by Gasteiger charge is 2.30. The highest BCUT2D eigenvalue weighted by molar-refractivity contribution is 5.96. The molecule has 1 aromatic carbocycles. The van der Waals surface area contributed by atoms with Crippen LogP contribution in [0.1, 0.15) is 51.4 Å². The summed E-state index contributed by atoms with van der Waals surface area (Å²) < 4.78 is 13.1. The van der Waals surface area contributed by atoms with E-state index in [4.69, 9.17) is 0 Å². The average Bonchev–Trinajstić information content (AvgIpc) is 3.11. The molecule has 1 saturated heterocycles. The van der Waals surface area contributed by atoms with Gasteiger partial charge in [0.1, 0.15) is 5.82 Å². The number of piperidine rings is 1. The molecular formula is C19H21FN4O2. The van der Waals surface area contributed by atoms with Gasteiger partial charge >= 0.3 is 0 Å². The molecule has 0 aliphatic carbocycles. The molecular weight excluding hydrogens is 335 g/mol. The molecule has 0 unspecified atom stereocenters. The number of aromatic amines is 1. The predicted octanol–water partition coefficient (Wildman–Crippen LogP) is 2.37. The van der Waals surface area contributed by atoms with Crippen molar-refractivity contribution in [2.45, 2.75) is 32.2 Å². The molecule has 1 N–H and O–H groups in total. The molecule has 7 heteroatoms. The molecule has 1 fully saturated rings. The Labute approximate surface area is 151 Å². The lowest BCUT2D eigenvalue weighted by atomic mass is 10.0. The molecule has 0 saturated carbocycles. The summed E-state index contributed by atoms with van der Waals surface area (Å²) in [4.78, 5) is 29.1. The van der Waals surface area contributed by atoms with Gasteiger partial charge in [-0.15, -0.1) is 0 Å². The van der Waals surface area contributed by atoms with Crippen molar-refractivity contribution in [3.8, 4) is 0 Å². The summed E-state index contributed by atoms with van der Waals surface area (Å²) in [7, 11) is 0. The van der Waals surface area contributed by atoms with E-state index in [1.165, 1.54) is 24.3 Å². The van der Waals surface area contributed by atoms with Crippen LogP contribution in [0.2, 0.25) is 0 Å². The number of carbonyl (C=O) groups excluding carboxylic acids is 2. The summed E-state index contributed by atoms with van der Waals surface area (Å²) in [5.41, 5.74) is 2.61. The molecule has 0 bridgehead atoms. The highest BCUT2D eigenvalue weighted by Crippen LogP contribution is 2.24. The first-order valence-corrected chi connectivity index (χ1v) is 9.04. The monoisotopic (exact) mass is 356 g/mol. The Balaban J connectivity index is 1.54. The van der Waals surface area contributed by atoms with E-state index in [0.717, 1.165) is 43.6 Å². The molecule has 3 heterocycles. The second-order valence-electron chi connectivity index (χ2n) is 6.87. The van der Waals surface area contributed by atoms with E-state index in [2.05, 4.69) is 10.2 Å². The van der Waals surface area contributed by atoms with Crippen molar-refractivity contribution in [2.24, 2.45) is 0 Å². The van der Waals surface area contributed by atoms with E-state index in [-0.39, 0.29) is 17.6 Å². The Morgan fingerprint density at radius 2 is 1.69 bits per heavy atom. The largest absolute Gasteiger partial charge is 0.337 e. The number of nitrogens with zero attached hydrogens (tertiary/aromatic N) is 3. The number of likely N-dealkylation sites (tertiary alicyclic amines) is 1. The number of amides is 2. The zero-order valence-corrected chi connectivity index (χ0v) is 14.5. The average molecular weight is 356 g/mol. The van der Waals surface area contributed by atoms with Gasteiger partial charge in [0.25, 0.3) is 11.8 Å². The van der Waals surface area contributed by atoms with Crippen LogP contribution < -0.4 is 0 Å². The van der Waals surface area contributed by atoms with E-state index in [0.29, 0.717) is 30.8 Å². The van der Waals surface area contributed by atoms with Gasteiger partial charge in [-0.2, -0.15) is 5.10 Å². The SMILES string of the molecule is O=C(c1ccc(F)cc1)N1CCc2[nH]nc(C(=O)N3CCCCC3)c2C1. The third-order valence-corrected chi connectivity index (χ3v) is 5.16. The van der Waals surface area contributed by atoms with Crippen molar-refractivity contribution in [3.05, 3.63) is 52.6 Å². The van der Waals surface area contributed by atoms with Crippen molar-refractivity contribution in [3.63, 3.8) is 0 Å². The summed E-state index contributed by atoms with van der Waals surface area (Å²) in [6, 6.07) is 5.54. The molecule has 2 aliphatic rings. The summed E-state index contributed by atoms with van der Waals surface area (Å²) in [5.74, 6) is -0.585. The Morgan fingerprint density at radius 1 is 0.962 bits per heavy atom. The maximum atomic E-state index is 13.1. The number of H-pyrrole nitrogens is 1. The lowest BCUT2D eigenvalue weighted by molar-refractivity contribution is 0.0697. The van der Waals surface area contributed by atoms with Crippen LogP contribution in [-0.2, 0) is 13.0 Å². The Hall–Kier alpha value is -2.70. The lowest BCUT2D eigenvalue weighted by Crippen LogP contribution is -2.39. The van der Waals surface area contributed by atoms with Crippen LogP contribution in [0.4, 0.5) is 4.39 Å². The van der Waals surface area contributed by atoms with Gasteiger partial charge in [0.2, 0.25) is 0 Å². The molecule has 0 atom stereocenters. The number of carbonyl (C=O) groups is 2. The van der Waals surface area contributed by atoms with Crippen LogP contribution in [-0.4, -0.2) is 51.4 Å². The number of nitrogens with one attached hydrogen (secondary N) is 1. The Morgan fingerprint density at radius 3 is 2.42 bits per heavy atom. The minimum absolute atomic E-state index is 0.0571. The zero-order chi connectivity index (χ0) is 18.1. The summed E-state index contributed by atoms with van der Waals surface area (Å²) in [5, 5.41) is 7.22. The zero-order valence-electron chi connectivity index (χ0n) is 14.5. The molecule has 0 radical (unpaired) electrons. The van der Waals surface area contributed by atoms with Crippen LogP contribution in [0.3, 0.4) is 0 Å². The predicted molar refractivity (Wildman–Crippen MR) is 93.2 cm³/mol. The van der Waals surface area contributed by atoms with Crippen LogP contribution in [0.25, 0.3) is 0 Å². The van der Waals surface area contributed by atoms with Gasteiger partial charge in [-0.3, -0.25) is 14.7 Å². The number of rotatable bonds is 2. The minimum Gasteiger partial charge on any atom is -0.337 e. The van der Waals surface area contributed by atoms with Gasteiger partial charge in [0.15, 0.2) is 5.69 Å². The fraction of sp³-hybridized carbons (Fsp3) is 0.421. The Kier molecular flexibility index (Phi) is 4.44. The van der Waals surface area contributed by atoms with Crippen molar-refractivity contribution in [2.75, 3.05) is 19.6 Å². The van der Waals surface area contributed by atoms with E-state index < -0.39 is 0 Å². The number of hydrogen-bond donors (Lipinski definition) is 1. The maximum absolute atomic E-state index is 13.1. The van der Waals surface area contributed by atoms with Crippen LogP contribution in [0, 0.1) is 5.82 Å². The van der Waals surface area contributed by atoms with Gasteiger partial charge in [-0.05, 0) is 43.5 Å². The summed E-state index contributed by atoms with van der Waals surface area (Å²) in [6.45, 7) is 2.41. The highest BCUT2D eigenvalue weighted by atomic mass is 19.1. The van der Waals surface area contributed by atoms with Crippen LogP contribution in [0.5, 0.6) is 0 Å². The van der Waals surface area contributed by atoms with Gasteiger partial charge in [0, 0.05) is 42.9 Å². The normalized spacial score (nSPS) is 17.1. The summed E-state index contributed by atoms with van der Waals surface area (Å²) >= 11 is 0. The second-order valence-corrected chi connectivity index (χ2v) is 6.87. The smallest absolute Gasteiger partial charge is 0.274 e. The number of fused-ring (bicyclic) bond motifs is 1. The standard InChI is InChI=1S/C19H21FN4O2/c20-14-6-4-13(5-7-14)18(25)24-11-8-16-15(12-24)17(22-21-16)19(26)23-9-2-1-3-10-23/h4-7H,1-3,8-12H2,(H,21,22). The summed E-state index contributed by atoms with van der Waals surface area (Å²) in [6.07, 6.45) is 3.83. The third kappa shape index (κ3) is 3.09. The number of hydrogen-bond acceptors (Lipinski definition) is 3. The van der Waals surface area contributed by atoms with Gasteiger partial charge in [-0.1, -0.05) is 0 Å². The molecule has 0 spiro atoms. The third-order valence-electron chi connectivity index (χ3n) is 5.16. The number of benzene rings is 1. The van der Waals surface area contributed by atoms with Crippen molar-refractivity contribution >= 4 is 11.8 Å². The topological polar surface area (TPSA) is 69.3 Å². The number of aromatic nitrogens is 2. The second kappa shape index (κ2) is 6.90. The first-order chi connectivity index (χ1) is 12.6. The minimum atomic E-state index is -0.369. The molecule has 2 aromatic rings. The van der Waals surface area contributed by atoms with Crippen molar-refractivity contribution < 1.29 is 14.0 Å². The fourth-order valence-corrected chi connectivity index (χ4v) is 3.67. The fourth-order valence-electron chi connectivity index (χ4n) is 3.67.